The van der Waals surface area contributed by atoms with Crippen molar-refractivity contribution in [3.63, 3.8) is 0 Å². The summed E-state index contributed by atoms with van der Waals surface area (Å²) in [5.41, 5.74) is 8.63. The molecule has 178 valence electrons. The Morgan fingerprint density at radius 3 is 1.00 bits per heavy atom. The van der Waals surface area contributed by atoms with Gasteiger partial charge in [-0.15, -0.1) is 0 Å². The Labute approximate surface area is 232 Å². The third-order valence-electron chi connectivity index (χ3n) is 7.39. The van der Waals surface area contributed by atoms with Crippen LogP contribution in [0.4, 0.5) is 0 Å². The van der Waals surface area contributed by atoms with Crippen LogP contribution >= 0.6 is 0 Å². The molecule has 0 saturated carbocycles. The van der Waals surface area contributed by atoms with E-state index in [0.717, 1.165) is 12.8 Å². The Morgan fingerprint density at radius 1 is 0.405 bits per heavy atom. The zero-order valence-electron chi connectivity index (χ0n) is 20.9. The molecule has 0 amide bonds. The first kappa shape index (κ1) is 24.1. The monoisotopic (exact) mass is 552 g/mol. The van der Waals surface area contributed by atoms with E-state index in [-0.39, 0.29) is 0 Å². The van der Waals surface area contributed by atoms with Gasteiger partial charge in [0.15, 0.2) is 0 Å². The van der Waals surface area contributed by atoms with E-state index in [1.807, 2.05) is 0 Å². The van der Waals surface area contributed by atoms with Crippen LogP contribution in [-0.2, 0) is 23.2 Å². The molecule has 0 nitrogen and oxygen atoms in total. The van der Waals surface area contributed by atoms with Gasteiger partial charge < -0.3 is 0 Å². The van der Waals surface area contributed by atoms with E-state index in [2.05, 4.69) is 146 Å². The maximum atomic E-state index is 2.43. The van der Waals surface area contributed by atoms with Gasteiger partial charge in [-0.1, -0.05) is 0 Å². The number of hydrogen-bond acceptors (Lipinski definition) is 0. The van der Waals surface area contributed by atoms with E-state index in [4.69, 9.17) is 0 Å². The molecule has 0 bridgehead atoms. The first-order valence-corrected chi connectivity index (χ1v) is 15.6. The maximum absolute atomic E-state index is 2.43. The van der Waals surface area contributed by atoms with Crippen molar-refractivity contribution in [3.05, 3.63) is 186 Å². The van der Waals surface area contributed by atoms with E-state index in [1.165, 1.54) is 22.3 Å². The van der Waals surface area contributed by atoms with Gasteiger partial charge in [0.05, 0.1) is 0 Å². The van der Waals surface area contributed by atoms with Crippen LogP contribution in [0.25, 0.3) is 0 Å². The summed E-state index contributed by atoms with van der Waals surface area (Å²) >= 11 is -0.966. The molecule has 4 aromatic carbocycles. The predicted molar refractivity (Wildman–Crippen MR) is 151 cm³/mol. The molecule has 0 aliphatic heterocycles. The van der Waals surface area contributed by atoms with Gasteiger partial charge >= 0.3 is 234 Å². The van der Waals surface area contributed by atoms with Gasteiger partial charge in [0.25, 0.3) is 0 Å². The minimum atomic E-state index is -0.966. The van der Waals surface area contributed by atoms with E-state index in [0.29, 0.717) is 11.8 Å². The third kappa shape index (κ3) is 5.25. The molecule has 0 atom stereocenters. The molecule has 0 saturated heterocycles. The number of benzene rings is 4. The van der Waals surface area contributed by atoms with Crippen molar-refractivity contribution in [2.45, 2.75) is 24.7 Å². The fraction of sp³-hybridized carbons (Fsp3) is 0.111. The Balaban J connectivity index is 1.42. The Kier molecular flexibility index (Phi) is 7.43. The molecule has 0 aromatic heterocycles. The van der Waals surface area contributed by atoms with E-state index < -0.39 is 23.2 Å². The summed E-state index contributed by atoms with van der Waals surface area (Å²) < 4.78 is 3.44. The van der Waals surface area contributed by atoms with Crippen molar-refractivity contribution in [2.24, 2.45) is 0 Å². The average molecular weight is 554 g/mol. The molecular weight excluding hydrogens is 524 g/mol. The van der Waals surface area contributed by atoms with Gasteiger partial charge in [0, 0.05) is 0 Å². The molecule has 0 heterocycles. The summed E-state index contributed by atoms with van der Waals surface area (Å²) in [4.78, 5) is 0. The second-order valence-electron chi connectivity index (χ2n) is 9.71. The third-order valence-corrected chi connectivity index (χ3v) is 11.3. The molecule has 4 aromatic rings. The van der Waals surface area contributed by atoms with Crippen LogP contribution in [0.2, 0.25) is 0 Å². The van der Waals surface area contributed by atoms with Crippen LogP contribution in [0.5, 0.6) is 0 Å². The second-order valence-corrected chi connectivity index (χ2v) is 13.3. The van der Waals surface area contributed by atoms with Crippen LogP contribution in [0, 0.1) is 0 Å². The summed E-state index contributed by atoms with van der Waals surface area (Å²) in [5.74, 6) is 0.601. The van der Waals surface area contributed by atoms with Crippen molar-refractivity contribution in [3.8, 4) is 0 Å². The average Bonchev–Trinajstić information content (AvgIpc) is 3.62. The fourth-order valence-corrected chi connectivity index (χ4v) is 9.50. The van der Waals surface area contributed by atoms with Gasteiger partial charge in [-0.25, -0.2) is 0 Å². The molecule has 37 heavy (non-hydrogen) atoms. The first-order chi connectivity index (χ1) is 18.4. The summed E-state index contributed by atoms with van der Waals surface area (Å²) in [6, 6.07) is 44.2. The van der Waals surface area contributed by atoms with Crippen LogP contribution in [0.1, 0.15) is 46.9 Å². The van der Waals surface area contributed by atoms with Gasteiger partial charge in [-0.05, 0) is 0 Å². The molecule has 2 aliphatic carbocycles. The molecule has 0 unspecified atom stereocenters. The van der Waals surface area contributed by atoms with Crippen LogP contribution in [0.15, 0.2) is 163 Å². The van der Waals surface area contributed by atoms with Crippen LogP contribution in [0.3, 0.4) is 0 Å². The Bertz CT molecular complexity index is 1270. The molecule has 0 N–H and O–H groups in total. The molecule has 1 heteroatoms. The molecule has 0 radical (unpaired) electrons. The van der Waals surface area contributed by atoms with E-state index in [9.17, 15) is 0 Å². The second kappa shape index (κ2) is 11.4. The molecule has 0 spiro atoms. The van der Waals surface area contributed by atoms with Crippen molar-refractivity contribution >= 4 is 0 Å². The normalized spacial score (nSPS) is 14.9. The van der Waals surface area contributed by atoms with E-state index in [1.54, 1.807) is 17.7 Å². The van der Waals surface area contributed by atoms with Crippen molar-refractivity contribution in [1.82, 2.24) is 0 Å². The zero-order chi connectivity index (χ0) is 24.9. The van der Waals surface area contributed by atoms with Crippen LogP contribution < -0.4 is 0 Å². The Hall–Kier alpha value is -3.28. The molecule has 0 fully saturated rings. The minimum absolute atomic E-state index is 0.300. The summed E-state index contributed by atoms with van der Waals surface area (Å²) in [5, 5.41) is 0. The summed E-state index contributed by atoms with van der Waals surface area (Å²) in [7, 11) is 0. The molecule has 2 aliphatic rings. The zero-order valence-corrected chi connectivity index (χ0v) is 23.4. The summed E-state index contributed by atoms with van der Waals surface area (Å²) in [6.07, 6.45) is 11.9. The predicted octanol–water partition coefficient (Wildman–Crippen LogP) is 9.16. The van der Waals surface area contributed by atoms with Gasteiger partial charge in [-0.2, -0.15) is 0 Å². The Morgan fingerprint density at radius 2 is 0.703 bits per heavy atom. The van der Waals surface area contributed by atoms with Crippen molar-refractivity contribution in [1.29, 1.82) is 0 Å². The SMILES string of the molecule is C1=CC(C(c2ccccc2)c2ccccc2)=[C]([Zr][C]2=C(C(c3ccccc3)c3ccccc3)C=CC2)C1. The van der Waals surface area contributed by atoms with Crippen LogP contribution in [-0.4, -0.2) is 0 Å². The van der Waals surface area contributed by atoms with Gasteiger partial charge in [0.1, 0.15) is 0 Å². The van der Waals surface area contributed by atoms with Crippen molar-refractivity contribution < 1.29 is 23.2 Å². The number of hydrogen-bond donors (Lipinski definition) is 0. The number of allylic oxidation sites excluding steroid dienone is 8. The topological polar surface area (TPSA) is 0 Å². The molecular formula is C36H30Zr. The molecule has 6 rings (SSSR count). The summed E-state index contributed by atoms with van der Waals surface area (Å²) in [6.45, 7) is 0. The van der Waals surface area contributed by atoms with Gasteiger partial charge in [0.2, 0.25) is 0 Å². The van der Waals surface area contributed by atoms with E-state index >= 15 is 0 Å². The van der Waals surface area contributed by atoms with Crippen molar-refractivity contribution in [2.75, 3.05) is 0 Å². The fourth-order valence-electron chi connectivity index (χ4n) is 5.70. The quantitative estimate of drug-likeness (QED) is 0.204. The first-order valence-electron chi connectivity index (χ1n) is 13.1. The number of rotatable bonds is 8. The van der Waals surface area contributed by atoms with Gasteiger partial charge in [-0.3, -0.25) is 0 Å². The standard InChI is InChI=1S/2C18H15.Zr/c2*1-3-9-15(10-4-1)18(17-13-7-8-14-17)16-11-5-2-6-12-16;/h2*1-7,9-13,18H,8H2;.